The first-order valence-corrected chi connectivity index (χ1v) is 4.35. The molecule has 16 heavy (non-hydrogen) atoms. The van der Waals surface area contributed by atoms with E-state index >= 15 is 0 Å². The Morgan fingerprint density at radius 3 is 2.25 bits per heavy atom. The summed E-state index contributed by atoms with van der Waals surface area (Å²) in [5, 5.41) is 2.83. The van der Waals surface area contributed by atoms with Gasteiger partial charge in [0.1, 0.15) is 5.75 Å². The molecule has 1 N–H and O–H groups in total. The molecule has 86 valence electrons. The maximum atomic E-state index is 11.8. The van der Waals surface area contributed by atoms with Gasteiger partial charge in [-0.15, -0.1) is 13.2 Å². The third-order valence-corrected chi connectivity index (χ3v) is 1.64. The highest BCUT2D eigenvalue weighted by molar-refractivity contribution is 5.51. The van der Waals surface area contributed by atoms with Crippen molar-refractivity contribution in [3.05, 3.63) is 49.2 Å². The van der Waals surface area contributed by atoms with E-state index in [2.05, 4.69) is 23.2 Å². The number of rotatable bonds is 4. The number of allylic oxidation sites excluding steroid dienone is 1. The van der Waals surface area contributed by atoms with Gasteiger partial charge in [-0.3, -0.25) is 0 Å². The lowest BCUT2D eigenvalue weighted by molar-refractivity contribution is -0.274. The number of ether oxygens (including phenoxy) is 1. The average Bonchev–Trinajstić information content (AvgIpc) is 2.18. The third-order valence-electron chi connectivity index (χ3n) is 1.64. The fraction of sp³-hybridized carbons (Fsp3) is 0.0909. The van der Waals surface area contributed by atoms with Crippen molar-refractivity contribution in [2.45, 2.75) is 6.36 Å². The van der Waals surface area contributed by atoms with E-state index in [9.17, 15) is 13.2 Å². The van der Waals surface area contributed by atoms with Crippen LogP contribution in [0, 0.1) is 0 Å². The first-order valence-electron chi connectivity index (χ1n) is 4.35. The minimum atomic E-state index is -4.67. The van der Waals surface area contributed by atoms with Gasteiger partial charge in [0, 0.05) is 11.4 Å². The summed E-state index contributed by atoms with van der Waals surface area (Å²) in [5.74, 6) is -0.262. The van der Waals surface area contributed by atoms with Crippen LogP contribution in [0.3, 0.4) is 0 Å². The van der Waals surface area contributed by atoms with Crippen LogP contribution >= 0.6 is 0 Å². The van der Waals surface area contributed by atoms with Gasteiger partial charge < -0.3 is 10.1 Å². The Bertz CT molecular complexity index is 381. The fourth-order valence-corrected chi connectivity index (χ4v) is 0.976. The highest BCUT2D eigenvalue weighted by Gasteiger charge is 2.30. The van der Waals surface area contributed by atoms with Crippen LogP contribution in [0.1, 0.15) is 0 Å². The maximum absolute atomic E-state index is 11.8. The first-order chi connectivity index (χ1) is 7.40. The lowest BCUT2D eigenvalue weighted by Crippen LogP contribution is -2.17. The summed E-state index contributed by atoms with van der Waals surface area (Å²) in [6, 6.07) is 5.34. The predicted octanol–water partition coefficient (Wildman–Crippen LogP) is 3.70. The highest BCUT2D eigenvalue weighted by Crippen LogP contribution is 2.24. The standard InChI is InChI=1S/C11H10F3NO/c1-3-8(2)15-9-4-6-10(7-5-9)16-11(12,13)14/h3-7,15H,1-2H2. The second kappa shape index (κ2) is 4.74. The number of benzene rings is 1. The van der Waals surface area contributed by atoms with Gasteiger partial charge in [0.05, 0.1) is 0 Å². The lowest BCUT2D eigenvalue weighted by atomic mass is 10.3. The van der Waals surface area contributed by atoms with Crippen molar-refractivity contribution in [1.82, 2.24) is 0 Å². The van der Waals surface area contributed by atoms with Crippen LogP contribution in [-0.2, 0) is 0 Å². The molecule has 2 nitrogen and oxygen atoms in total. The Morgan fingerprint density at radius 2 is 1.81 bits per heavy atom. The van der Waals surface area contributed by atoms with Crippen molar-refractivity contribution >= 4 is 5.69 Å². The maximum Gasteiger partial charge on any atom is 0.573 e. The van der Waals surface area contributed by atoms with Crippen LogP contribution in [0.4, 0.5) is 18.9 Å². The molecule has 0 spiro atoms. The molecule has 5 heteroatoms. The van der Waals surface area contributed by atoms with Gasteiger partial charge in [0.15, 0.2) is 0 Å². The molecular weight excluding hydrogens is 219 g/mol. The molecule has 0 heterocycles. The number of alkyl halides is 3. The second-order valence-electron chi connectivity index (χ2n) is 2.93. The zero-order valence-electron chi connectivity index (χ0n) is 8.34. The molecule has 0 saturated carbocycles. The fourth-order valence-electron chi connectivity index (χ4n) is 0.976. The second-order valence-corrected chi connectivity index (χ2v) is 2.93. The lowest BCUT2D eigenvalue weighted by Gasteiger charge is -2.10. The molecule has 0 aliphatic carbocycles. The SMILES string of the molecule is C=CC(=C)Nc1ccc(OC(F)(F)F)cc1. The van der Waals surface area contributed by atoms with Crippen LogP contribution in [0.15, 0.2) is 49.2 Å². The number of hydrogen-bond acceptors (Lipinski definition) is 2. The van der Waals surface area contributed by atoms with Crippen molar-refractivity contribution < 1.29 is 17.9 Å². The molecule has 0 atom stereocenters. The summed E-state index contributed by atoms with van der Waals surface area (Å²) in [5.41, 5.74) is 1.17. The van der Waals surface area contributed by atoms with Crippen molar-refractivity contribution in [3.8, 4) is 5.75 Å². The van der Waals surface area contributed by atoms with E-state index in [1.54, 1.807) is 0 Å². The number of nitrogens with one attached hydrogen (secondary N) is 1. The molecule has 0 unspecified atom stereocenters. The zero-order chi connectivity index (χ0) is 12.2. The Labute approximate surface area is 91.0 Å². The van der Waals surface area contributed by atoms with Crippen molar-refractivity contribution in [1.29, 1.82) is 0 Å². The van der Waals surface area contributed by atoms with Crippen molar-refractivity contribution in [2.75, 3.05) is 5.32 Å². The highest BCUT2D eigenvalue weighted by atomic mass is 19.4. The zero-order valence-corrected chi connectivity index (χ0v) is 8.34. The molecule has 1 aromatic carbocycles. The molecule has 0 saturated heterocycles. The first kappa shape index (κ1) is 12.2. The Balaban J connectivity index is 2.68. The summed E-state index contributed by atoms with van der Waals surface area (Å²) in [6.45, 7) is 7.10. The largest absolute Gasteiger partial charge is 0.573 e. The van der Waals surface area contributed by atoms with Gasteiger partial charge in [-0.2, -0.15) is 0 Å². The number of halogens is 3. The van der Waals surface area contributed by atoms with Gasteiger partial charge in [0.2, 0.25) is 0 Å². The summed E-state index contributed by atoms with van der Waals surface area (Å²) >= 11 is 0. The molecular formula is C11H10F3NO. The number of anilines is 1. The minimum absolute atomic E-state index is 0.262. The molecule has 0 aromatic heterocycles. The summed E-state index contributed by atoms with van der Waals surface area (Å²) in [6.07, 6.45) is -3.17. The van der Waals surface area contributed by atoms with E-state index in [1.165, 1.54) is 30.3 Å². The van der Waals surface area contributed by atoms with Gasteiger partial charge in [0.25, 0.3) is 0 Å². The molecule has 0 aliphatic heterocycles. The molecule has 0 bridgehead atoms. The van der Waals surface area contributed by atoms with Crippen LogP contribution < -0.4 is 10.1 Å². The van der Waals surface area contributed by atoms with Crippen LogP contribution in [0.2, 0.25) is 0 Å². The summed E-state index contributed by atoms with van der Waals surface area (Å²) < 4.78 is 39.2. The quantitative estimate of drug-likeness (QED) is 0.795. The molecule has 1 aromatic rings. The van der Waals surface area contributed by atoms with Crippen LogP contribution in [0.25, 0.3) is 0 Å². The number of hydrogen-bond donors (Lipinski definition) is 1. The van der Waals surface area contributed by atoms with E-state index in [4.69, 9.17) is 0 Å². The predicted molar refractivity (Wildman–Crippen MR) is 56.1 cm³/mol. The third kappa shape index (κ3) is 4.08. The topological polar surface area (TPSA) is 21.3 Å². The summed E-state index contributed by atoms with van der Waals surface area (Å²) in [7, 11) is 0. The summed E-state index contributed by atoms with van der Waals surface area (Å²) in [4.78, 5) is 0. The van der Waals surface area contributed by atoms with Gasteiger partial charge >= 0.3 is 6.36 Å². The Morgan fingerprint density at radius 1 is 1.25 bits per heavy atom. The smallest absolute Gasteiger partial charge is 0.406 e. The Hall–Kier alpha value is -1.91. The van der Waals surface area contributed by atoms with Gasteiger partial charge in [-0.1, -0.05) is 13.2 Å². The molecule has 0 fully saturated rings. The molecule has 0 radical (unpaired) electrons. The van der Waals surface area contributed by atoms with Crippen molar-refractivity contribution in [2.24, 2.45) is 0 Å². The van der Waals surface area contributed by atoms with E-state index in [-0.39, 0.29) is 5.75 Å². The van der Waals surface area contributed by atoms with Crippen LogP contribution in [0.5, 0.6) is 5.75 Å². The van der Waals surface area contributed by atoms with E-state index in [0.29, 0.717) is 11.4 Å². The Kier molecular flexibility index (Phi) is 3.60. The normalized spacial score (nSPS) is 10.7. The average molecular weight is 229 g/mol. The monoisotopic (exact) mass is 229 g/mol. The molecule has 1 rings (SSSR count). The molecule has 0 aliphatic rings. The van der Waals surface area contributed by atoms with Crippen LogP contribution in [-0.4, -0.2) is 6.36 Å². The van der Waals surface area contributed by atoms with Crippen molar-refractivity contribution in [3.63, 3.8) is 0 Å². The minimum Gasteiger partial charge on any atom is -0.406 e. The van der Waals surface area contributed by atoms with Gasteiger partial charge in [-0.25, -0.2) is 0 Å². The van der Waals surface area contributed by atoms with E-state index < -0.39 is 6.36 Å². The molecule has 0 amide bonds. The van der Waals surface area contributed by atoms with E-state index in [0.717, 1.165) is 0 Å². The van der Waals surface area contributed by atoms with E-state index in [1.807, 2.05) is 0 Å². The van der Waals surface area contributed by atoms with Gasteiger partial charge in [-0.05, 0) is 30.3 Å².